The van der Waals surface area contributed by atoms with Crippen LogP contribution in [0.25, 0.3) is 0 Å². The molecule has 1 aliphatic rings. The summed E-state index contributed by atoms with van der Waals surface area (Å²) in [5, 5.41) is 3.21. The first-order valence-electron chi connectivity index (χ1n) is 8.70. The van der Waals surface area contributed by atoms with Crippen molar-refractivity contribution >= 4 is 5.95 Å². The number of nitrogens with zero attached hydrogens (tertiary/aromatic N) is 6. The van der Waals surface area contributed by atoms with Crippen molar-refractivity contribution in [2.45, 2.75) is 26.4 Å². The van der Waals surface area contributed by atoms with Gasteiger partial charge in [-0.3, -0.25) is 9.80 Å². The zero-order chi connectivity index (χ0) is 16.8. The summed E-state index contributed by atoms with van der Waals surface area (Å²) >= 11 is 0. The van der Waals surface area contributed by atoms with Gasteiger partial charge in [0, 0.05) is 76.7 Å². The summed E-state index contributed by atoms with van der Waals surface area (Å²) in [6.45, 7) is 9.18. The lowest BCUT2D eigenvalue weighted by Gasteiger charge is -2.34. The lowest BCUT2D eigenvalue weighted by Crippen LogP contribution is -2.45. The van der Waals surface area contributed by atoms with Crippen molar-refractivity contribution in [2.75, 3.05) is 38.0 Å². The molecule has 7 nitrogen and oxygen atoms in total. The molecule has 3 heterocycles. The van der Waals surface area contributed by atoms with E-state index in [1.165, 1.54) is 5.56 Å². The molecule has 0 bridgehead atoms. The maximum atomic E-state index is 4.41. The van der Waals surface area contributed by atoms with E-state index >= 15 is 0 Å². The van der Waals surface area contributed by atoms with Crippen LogP contribution >= 0.6 is 0 Å². The van der Waals surface area contributed by atoms with Crippen LogP contribution in [0.2, 0.25) is 0 Å². The Balaban J connectivity index is 1.44. The van der Waals surface area contributed by atoms with Gasteiger partial charge in [-0.05, 0) is 6.42 Å². The highest BCUT2D eigenvalue weighted by Crippen LogP contribution is 2.10. The number of rotatable bonds is 7. The fraction of sp³-hybridized carbons (Fsp3) is 0.588. The fourth-order valence-electron chi connectivity index (χ4n) is 2.88. The molecule has 0 aromatic carbocycles. The van der Waals surface area contributed by atoms with Crippen molar-refractivity contribution in [1.82, 2.24) is 29.3 Å². The molecule has 0 atom stereocenters. The molecule has 0 saturated carbocycles. The molecule has 24 heavy (non-hydrogen) atoms. The van der Waals surface area contributed by atoms with Gasteiger partial charge in [0.2, 0.25) is 5.95 Å². The predicted molar refractivity (Wildman–Crippen MR) is 94.6 cm³/mol. The number of hydrogen-bond acceptors (Lipinski definition) is 6. The number of nitrogens with one attached hydrogen (secondary N) is 1. The first-order valence-corrected chi connectivity index (χ1v) is 8.70. The van der Waals surface area contributed by atoms with Gasteiger partial charge in [-0.25, -0.2) is 15.0 Å². The zero-order valence-corrected chi connectivity index (χ0v) is 14.6. The minimum absolute atomic E-state index is 0.723. The highest BCUT2D eigenvalue weighted by atomic mass is 15.3. The van der Waals surface area contributed by atoms with Gasteiger partial charge < -0.3 is 9.88 Å². The van der Waals surface area contributed by atoms with Gasteiger partial charge in [0.15, 0.2) is 0 Å². The van der Waals surface area contributed by atoms with Crippen LogP contribution in [0.4, 0.5) is 5.95 Å². The first-order chi connectivity index (χ1) is 11.7. The van der Waals surface area contributed by atoms with E-state index in [0.717, 1.165) is 64.0 Å². The van der Waals surface area contributed by atoms with Gasteiger partial charge in [-0.1, -0.05) is 6.92 Å². The summed E-state index contributed by atoms with van der Waals surface area (Å²) in [6, 6.07) is 0. The van der Waals surface area contributed by atoms with E-state index in [-0.39, 0.29) is 0 Å². The Bertz CT molecular complexity index is 614. The van der Waals surface area contributed by atoms with Crippen LogP contribution in [0.3, 0.4) is 0 Å². The van der Waals surface area contributed by atoms with Crippen molar-refractivity contribution in [3.05, 3.63) is 36.2 Å². The molecule has 1 aliphatic heterocycles. The molecule has 0 aliphatic carbocycles. The Morgan fingerprint density at radius 3 is 2.25 bits per heavy atom. The van der Waals surface area contributed by atoms with Crippen LogP contribution in [0.1, 0.15) is 24.7 Å². The van der Waals surface area contributed by atoms with Crippen molar-refractivity contribution < 1.29 is 0 Å². The van der Waals surface area contributed by atoms with E-state index in [1.54, 1.807) is 0 Å². The van der Waals surface area contributed by atoms with Crippen molar-refractivity contribution in [3.8, 4) is 0 Å². The average Bonchev–Trinajstić information content (AvgIpc) is 3.01. The van der Waals surface area contributed by atoms with E-state index in [1.807, 2.05) is 24.8 Å². The second-order valence-electron chi connectivity index (χ2n) is 6.35. The highest BCUT2D eigenvalue weighted by molar-refractivity contribution is 5.24. The molecule has 7 heteroatoms. The largest absolute Gasteiger partial charge is 0.354 e. The number of hydrogen-bond donors (Lipinski definition) is 1. The van der Waals surface area contributed by atoms with Crippen molar-refractivity contribution in [1.29, 1.82) is 0 Å². The third-order valence-electron chi connectivity index (χ3n) is 4.40. The molecule has 2 aromatic rings. The van der Waals surface area contributed by atoms with Gasteiger partial charge in [0.05, 0.1) is 6.54 Å². The van der Waals surface area contributed by atoms with Crippen molar-refractivity contribution in [2.24, 2.45) is 7.05 Å². The van der Waals surface area contributed by atoms with E-state index in [4.69, 9.17) is 0 Å². The first kappa shape index (κ1) is 16.9. The summed E-state index contributed by atoms with van der Waals surface area (Å²) < 4.78 is 2.10. The van der Waals surface area contributed by atoms with Crippen LogP contribution in [0.15, 0.2) is 24.8 Å². The standard InChI is InChI=1S/C17H27N7/c1-3-4-19-17-20-11-15(12-21-17)13-23-7-9-24(10-8-23)14-16-18-5-6-22(16)2/h5-6,11-12H,3-4,7-10,13-14H2,1-2H3,(H,19,20,21). The minimum Gasteiger partial charge on any atom is -0.354 e. The maximum Gasteiger partial charge on any atom is 0.222 e. The molecule has 1 saturated heterocycles. The number of imidazole rings is 1. The molecular weight excluding hydrogens is 302 g/mol. The number of anilines is 1. The van der Waals surface area contributed by atoms with Gasteiger partial charge in [0.1, 0.15) is 5.82 Å². The van der Waals surface area contributed by atoms with Crippen LogP contribution in [-0.2, 0) is 20.1 Å². The van der Waals surface area contributed by atoms with Crippen LogP contribution < -0.4 is 5.32 Å². The quantitative estimate of drug-likeness (QED) is 0.827. The number of piperazine rings is 1. The molecule has 130 valence electrons. The summed E-state index contributed by atoms with van der Waals surface area (Å²) in [5.74, 6) is 1.85. The van der Waals surface area contributed by atoms with Crippen LogP contribution in [0, 0.1) is 0 Å². The number of aryl methyl sites for hydroxylation is 1. The van der Waals surface area contributed by atoms with Gasteiger partial charge >= 0.3 is 0 Å². The van der Waals surface area contributed by atoms with Crippen LogP contribution in [-0.4, -0.2) is 62.0 Å². The molecule has 3 rings (SSSR count). The van der Waals surface area contributed by atoms with E-state index in [0.29, 0.717) is 0 Å². The van der Waals surface area contributed by atoms with E-state index < -0.39 is 0 Å². The minimum atomic E-state index is 0.723. The van der Waals surface area contributed by atoms with E-state index in [9.17, 15) is 0 Å². The lowest BCUT2D eigenvalue weighted by atomic mass is 10.2. The van der Waals surface area contributed by atoms with E-state index in [2.05, 4.69) is 48.6 Å². The average molecular weight is 329 g/mol. The molecule has 2 aromatic heterocycles. The fourth-order valence-corrected chi connectivity index (χ4v) is 2.88. The molecule has 0 radical (unpaired) electrons. The molecule has 1 N–H and O–H groups in total. The molecular formula is C17H27N7. The molecule has 0 unspecified atom stereocenters. The van der Waals surface area contributed by atoms with Crippen LogP contribution in [0.5, 0.6) is 0 Å². The third-order valence-corrected chi connectivity index (χ3v) is 4.40. The van der Waals surface area contributed by atoms with Gasteiger partial charge in [0.25, 0.3) is 0 Å². The Hall–Kier alpha value is -1.99. The Labute approximate surface area is 143 Å². The monoisotopic (exact) mass is 329 g/mol. The summed E-state index contributed by atoms with van der Waals surface area (Å²) in [5.41, 5.74) is 1.18. The molecule has 0 spiro atoms. The Kier molecular flexibility index (Phi) is 5.77. The van der Waals surface area contributed by atoms with Gasteiger partial charge in [-0.2, -0.15) is 0 Å². The summed E-state index contributed by atoms with van der Waals surface area (Å²) in [7, 11) is 2.05. The highest BCUT2D eigenvalue weighted by Gasteiger charge is 2.18. The predicted octanol–water partition coefficient (Wildman–Crippen LogP) is 1.35. The summed E-state index contributed by atoms with van der Waals surface area (Å²) in [4.78, 5) is 18.1. The number of aromatic nitrogens is 4. The van der Waals surface area contributed by atoms with Gasteiger partial charge in [-0.15, -0.1) is 0 Å². The maximum absolute atomic E-state index is 4.41. The lowest BCUT2D eigenvalue weighted by molar-refractivity contribution is 0.119. The summed E-state index contributed by atoms with van der Waals surface area (Å²) in [6.07, 6.45) is 8.82. The Morgan fingerprint density at radius 2 is 1.67 bits per heavy atom. The molecule has 0 amide bonds. The SMILES string of the molecule is CCCNc1ncc(CN2CCN(Cc3nccn3C)CC2)cn1. The smallest absolute Gasteiger partial charge is 0.222 e. The zero-order valence-electron chi connectivity index (χ0n) is 14.6. The second kappa shape index (κ2) is 8.21. The normalized spacial score (nSPS) is 16.4. The third kappa shape index (κ3) is 4.52. The molecule has 1 fully saturated rings. The second-order valence-corrected chi connectivity index (χ2v) is 6.35. The van der Waals surface area contributed by atoms with Crippen molar-refractivity contribution in [3.63, 3.8) is 0 Å². The Morgan fingerprint density at radius 1 is 1.00 bits per heavy atom. The topological polar surface area (TPSA) is 62.1 Å².